The van der Waals surface area contributed by atoms with Crippen LogP contribution >= 0.6 is 11.6 Å². The van der Waals surface area contributed by atoms with Crippen molar-refractivity contribution < 1.29 is 14.7 Å². The molecule has 1 aliphatic rings. The molecule has 1 aliphatic carbocycles. The first-order chi connectivity index (χ1) is 9.06. The van der Waals surface area contributed by atoms with Gasteiger partial charge in [-0.1, -0.05) is 24.4 Å². The zero-order valence-corrected chi connectivity index (χ0v) is 11.0. The molecule has 0 spiro atoms. The van der Waals surface area contributed by atoms with Crippen molar-refractivity contribution in [2.75, 3.05) is 11.9 Å². The SMILES string of the molecule is O=C(NCCC1CC1)Nc1cc(C(=O)O)ccc1Cl. The predicted molar refractivity (Wildman–Crippen MR) is 72.8 cm³/mol. The maximum atomic E-state index is 11.6. The number of carbonyl (C=O) groups is 2. The van der Waals surface area contributed by atoms with Crippen LogP contribution in [0.15, 0.2) is 18.2 Å². The first-order valence-electron chi connectivity index (χ1n) is 6.14. The molecule has 0 saturated heterocycles. The van der Waals surface area contributed by atoms with Gasteiger partial charge in [-0.2, -0.15) is 0 Å². The summed E-state index contributed by atoms with van der Waals surface area (Å²) in [4.78, 5) is 22.5. The van der Waals surface area contributed by atoms with Crippen molar-refractivity contribution >= 4 is 29.3 Å². The van der Waals surface area contributed by atoms with Crippen LogP contribution in [-0.4, -0.2) is 23.7 Å². The smallest absolute Gasteiger partial charge is 0.335 e. The summed E-state index contributed by atoms with van der Waals surface area (Å²) < 4.78 is 0. The second-order valence-corrected chi connectivity index (χ2v) is 5.02. The topological polar surface area (TPSA) is 78.4 Å². The summed E-state index contributed by atoms with van der Waals surface area (Å²) in [5, 5.41) is 14.5. The Morgan fingerprint density at radius 2 is 2.11 bits per heavy atom. The molecular weight excluding hydrogens is 268 g/mol. The quantitative estimate of drug-likeness (QED) is 0.777. The van der Waals surface area contributed by atoms with Gasteiger partial charge in [-0.3, -0.25) is 0 Å². The minimum atomic E-state index is -1.06. The Kier molecular flexibility index (Phi) is 4.27. The highest BCUT2D eigenvalue weighted by Crippen LogP contribution is 2.31. The van der Waals surface area contributed by atoms with Crippen LogP contribution in [0.5, 0.6) is 0 Å². The minimum absolute atomic E-state index is 0.0812. The van der Waals surface area contributed by atoms with Crippen LogP contribution < -0.4 is 10.6 Å². The van der Waals surface area contributed by atoms with E-state index >= 15 is 0 Å². The van der Waals surface area contributed by atoms with Gasteiger partial charge in [0.05, 0.1) is 16.3 Å². The molecule has 0 unspecified atom stereocenters. The lowest BCUT2D eigenvalue weighted by Crippen LogP contribution is -2.29. The molecule has 1 saturated carbocycles. The van der Waals surface area contributed by atoms with E-state index < -0.39 is 5.97 Å². The molecule has 19 heavy (non-hydrogen) atoms. The lowest BCUT2D eigenvalue weighted by molar-refractivity contribution is 0.0697. The summed E-state index contributed by atoms with van der Waals surface area (Å²) in [6.07, 6.45) is 3.47. The molecule has 2 rings (SSSR count). The van der Waals surface area contributed by atoms with E-state index in [9.17, 15) is 9.59 Å². The number of hydrogen-bond donors (Lipinski definition) is 3. The van der Waals surface area contributed by atoms with Gasteiger partial charge in [-0.15, -0.1) is 0 Å². The first-order valence-corrected chi connectivity index (χ1v) is 6.52. The largest absolute Gasteiger partial charge is 0.478 e. The number of anilines is 1. The summed E-state index contributed by atoms with van der Waals surface area (Å²) >= 11 is 5.90. The van der Waals surface area contributed by atoms with E-state index in [1.54, 1.807) is 0 Å². The number of urea groups is 1. The maximum Gasteiger partial charge on any atom is 0.335 e. The normalized spacial score (nSPS) is 13.9. The Bertz CT molecular complexity index is 501. The second kappa shape index (κ2) is 5.93. The third-order valence-corrected chi connectivity index (χ3v) is 3.33. The lowest BCUT2D eigenvalue weighted by atomic mass is 10.2. The van der Waals surface area contributed by atoms with Gasteiger partial charge in [-0.25, -0.2) is 9.59 Å². The van der Waals surface area contributed by atoms with E-state index in [0.717, 1.165) is 12.3 Å². The van der Waals surface area contributed by atoms with E-state index in [1.807, 2.05) is 0 Å². The molecule has 1 aromatic carbocycles. The van der Waals surface area contributed by atoms with Crippen LogP contribution in [0.1, 0.15) is 29.6 Å². The number of amides is 2. The Balaban J connectivity index is 1.90. The molecule has 102 valence electrons. The highest BCUT2D eigenvalue weighted by Gasteiger charge is 2.20. The number of benzene rings is 1. The van der Waals surface area contributed by atoms with Gasteiger partial charge in [-0.05, 0) is 30.5 Å². The maximum absolute atomic E-state index is 11.6. The highest BCUT2D eigenvalue weighted by molar-refractivity contribution is 6.33. The highest BCUT2D eigenvalue weighted by atomic mass is 35.5. The van der Waals surface area contributed by atoms with Crippen molar-refractivity contribution in [3.8, 4) is 0 Å². The van der Waals surface area contributed by atoms with Gasteiger partial charge < -0.3 is 15.7 Å². The molecule has 0 heterocycles. The fraction of sp³-hybridized carbons (Fsp3) is 0.385. The predicted octanol–water partition coefficient (Wildman–Crippen LogP) is 2.96. The van der Waals surface area contributed by atoms with Crippen molar-refractivity contribution in [3.63, 3.8) is 0 Å². The number of hydrogen-bond acceptors (Lipinski definition) is 2. The van der Waals surface area contributed by atoms with Crippen molar-refractivity contribution in [2.45, 2.75) is 19.3 Å². The van der Waals surface area contributed by atoms with Crippen LogP contribution in [-0.2, 0) is 0 Å². The Morgan fingerprint density at radius 3 is 2.74 bits per heavy atom. The molecule has 3 N–H and O–H groups in total. The fourth-order valence-electron chi connectivity index (χ4n) is 1.72. The molecule has 1 aromatic rings. The van der Waals surface area contributed by atoms with Gasteiger partial charge in [0.2, 0.25) is 0 Å². The molecule has 0 bridgehead atoms. The Hall–Kier alpha value is -1.75. The number of carbonyl (C=O) groups excluding carboxylic acids is 1. The van der Waals surface area contributed by atoms with Crippen molar-refractivity contribution in [2.24, 2.45) is 5.92 Å². The summed E-state index contributed by atoms with van der Waals surface area (Å²) in [7, 11) is 0. The average molecular weight is 283 g/mol. The molecule has 2 amide bonds. The number of halogens is 1. The molecule has 0 radical (unpaired) electrons. The Morgan fingerprint density at radius 1 is 1.37 bits per heavy atom. The third kappa shape index (κ3) is 4.13. The second-order valence-electron chi connectivity index (χ2n) is 4.61. The summed E-state index contributed by atoms with van der Waals surface area (Å²) in [6.45, 7) is 0.618. The van der Waals surface area contributed by atoms with Crippen molar-refractivity contribution in [1.82, 2.24) is 5.32 Å². The molecule has 6 heteroatoms. The van der Waals surface area contributed by atoms with E-state index in [-0.39, 0.29) is 11.6 Å². The average Bonchev–Trinajstić information content (AvgIpc) is 3.15. The van der Waals surface area contributed by atoms with Gasteiger partial charge in [0.15, 0.2) is 0 Å². The third-order valence-electron chi connectivity index (χ3n) is 3.00. The van der Waals surface area contributed by atoms with Crippen LogP contribution in [0.25, 0.3) is 0 Å². The number of carboxylic acids is 1. The summed E-state index contributed by atoms with van der Waals surface area (Å²) in [6, 6.07) is 3.81. The number of carboxylic acid groups (broad SMARTS) is 1. The first kappa shape index (κ1) is 13.7. The molecular formula is C13H15ClN2O3. The number of aromatic carboxylic acids is 1. The van der Waals surface area contributed by atoms with Gasteiger partial charge in [0.25, 0.3) is 0 Å². The lowest BCUT2D eigenvalue weighted by Gasteiger charge is -2.09. The van der Waals surface area contributed by atoms with Crippen LogP contribution in [0.4, 0.5) is 10.5 Å². The van der Waals surface area contributed by atoms with E-state index in [0.29, 0.717) is 17.3 Å². The minimum Gasteiger partial charge on any atom is -0.478 e. The zero-order chi connectivity index (χ0) is 13.8. The molecule has 0 aliphatic heterocycles. The van der Waals surface area contributed by atoms with E-state index in [1.165, 1.54) is 31.0 Å². The van der Waals surface area contributed by atoms with Gasteiger partial charge >= 0.3 is 12.0 Å². The van der Waals surface area contributed by atoms with E-state index in [4.69, 9.17) is 16.7 Å². The van der Waals surface area contributed by atoms with Gasteiger partial charge in [0, 0.05) is 6.54 Å². The summed E-state index contributed by atoms with van der Waals surface area (Å²) in [5.74, 6) is -0.312. The number of nitrogens with one attached hydrogen (secondary N) is 2. The molecule has 0 aromatic heterocycles. The molecule has 5 nitrogen and oxygen atoms in total. The fourth-order valence-corrected chi connectivity index (χ4v) is 1.88. The van der Waals surface area contributed by atoms with Crippen LogP contribution in [0.2, 0.25) is 5.02 Å². The summed E-state index contributed by atoms with van der Waals surface area (Å²) in [5.41, 5.74) is 0.378. The van der Waals surface area contributed by atoms with Crippen LogP contribution in [0.3, 0.4) is 0 Å². The van der Waals surface area contributed by atoms with Crippen molar-refractivity contribution in [1.29, 1.82) is 0 Å². The Labute approximate surface area is 116 Å². The van der Waals surface area contributed by atoms with Crippen molar-refractivity contribution in [3.05, 3.63) is 28.8 Å². The molecule has 1 fully saturated rings. The van der Waals surface area contributed by atoms with Crippen LogP contribution in [0, 0.1) is 5.92 Å². The van der Waals surface area contributed by atoms with Gasteiger partial charge in [0.1, 0.15) is 0 Å². The van der Waals surface area contributed by atoms with E-state index in [2.05, 4.69) is 10.6 Å². The number of rotatable bonds is 5. The zero-order valence-electron chi connectivity index (χ0n) is 10.3. The standard InChI is InChI=1S/C13H15ClN2O3/c14-10-4-3-9(12(17)18)7-11(10)16-13(19)15-6-5-8-1-2-8/h3-4,7-8H,1-2,5-6H2,(H,17,18)(H2,15,16,19). The monoisotopic (exact) mass is 282 g/mol. The molecule has 0 atom stereocenters.